The van der Waals surface area contributed by atoms with Gasteiger partial charge in [-0.15, -0.1) is 0 Å². The quantitative estimate of drug-likeness (QED) is 0.0591. The van der Waals surface area contributed by atoms with Crippen LogP contribution in [-0.4, -0.2) is 114 Å². The fourth-order valence-corrected chi connectivity index (χ4v) is 8.92. The summed E-state index contributed by atoms with van der Waals surface area (Å²) in [6.45, 7) is 0.0389. The van der Waals surface area contributed by atoms with Gasteiger partial charge in [-0.05, 0) is 61.0 Å². The van der Waals surface area contributed by atoms with Crippen LogP contribution in [0.2, 0.25) is 0 Å². The summed E-state index contributed by atoms with van der Waals surface area (Å²) < 4.78 is 11.2. The Morgan fingerprint density at radius 3 is 1.44 bits per heavy atom. The lowest BCUT2D eigenvalue weighted by Gasteiger charge is -2.12. The van der Waals surface area contributed by atoms with Crippen LogP contribution >= 0.6 is 0 Å². The molecule has 1 atom stereocenters. The maximum Gasteiger partial charge on any atom is 0.291 e. The van der Waals surface area contributed by atoms with Crippen molar-refractivity contribution in [1.29, 1.82) is 0 Å². The number of H-pyrrole nitrogens is 1. The highest BCUT2D eigenvalue weighted by Crippen LogP contribution is 2.27. The van der Waals surface area contributed by atoms with Crippen molar-refractivity contribution >= 4 is 92.4 Å². The molecule has 0 saturated heterocycles. The zero-order chi connectivity index (χ0) is 57.3. The molecule has 0 spiro atoms. The molecule has 0 aliphatic rings. The molecule has 0 aliphatic carbocycles. The Labute approximate surface area is 455 Å². The van der Waals surface area contributed by atoms with Crippen molar-refractivity contribution in [1.82, 2.24) is 57.6 Å². The van der Waals surface area contributed by atoms with E-state index in [0.29, 0.717) is 67.9 Å². The molecule has 11 N–H and O–H groups in total. The summed E-state index contributed by atoms with van der Waals surface area (Å²) in [4.78, 5) is 117. The van der Waals surface area contributed by atoms with Crippen LogP contribution in [0.15, 0.2) is 104 Å². The van der Waals surface area contributed by atoms with Gasteiger partial charge in [0, 0.05) is 118 Å². The van der Waals surface area contributed by atoms with Gasteiger partial charge in [0.15, 0.2) is 11.6 Å². The zero-order valence-electron chi connectivity index (χ0n) is 44.7. The van der Waals surface area contributed by atoms with Gasteiger partial charge in [0.05, 0.1) is 56.9 Å². The number of aryl methyl sites for hydroxylation is 7. The first kappa shape index (κ1) is 54.1. The first-order valence-electron chi connectivity index (χ1n) is 24.7. The highest BCUT2D eigenvalue weighted by molar-refractivity contribution is 6.10. The predicted octanol–water partition coefficient (Wildman–Crippen LogP) is 3.70. The molecule has 0 radical (unpaired) electrons. The molecule has 0 fully saturated rings. The number of fused-ring (bicyclic) bond motifs is 1. The molecule has 8 amide bonds. The van der Waals surface area contributed by atoms with E-state index < -0.39 is 41.5 Å². The Balaban J connectivity index is 0.728. The van der Waals surface area contributed by atoms with E-state index in [1.165, 1.54) is 46.6 Å². The number of aromatic nitrogens is 10. The van der Waals surface area contributed by atoms with E-state index in [4.69, 9.17) is 5.73 Å². The first-order chi connectivity index (χ1) is 38.1. The van der Waals surface area contributed by atoms with Crippen molar-refractivity contribution in [3.05, 3.63) is 144 Å². The summed E-state index contributed by atoms with van der Waals surface area (Å²) in [6, 6.07) is 13.3. The number of benzene rings is 1. The molecule has 0 bridgehead atoms. The van der Waals surface area contributed by atoms with Gasteiger partial charge in [-0.25, -0.2) is 9.97 Å². The van der Waals surface area contributed by atoms with E-state index in [9.17, 15) is 38.4 Å². The molecule has 8 heterocycles. The lowest BCUT2D eigenvalue weighted by molar-refractivity contribution is -0.117. The number of anilines is 6. The highest BCUT2D eigenvalue weighted by Gasteiger charge is 2.23. The molecule has 9 aromatic rings. The summed E-state index contributed by atoms with van der Waals surface area (Å²) in [7, 11) is 13.3. The SMILES string of the molecule is CNC(=O)c1cc(NC(=O)c2cc(NC(=O)c3cc(NC(=O)c4cc(NC(=O)C(N)CCNC(=O)c5cc(NC(=O)c6ccc7nc(-c8cc(NC(=O)c9nccn9C)cn8C)[nH]c7c6)cn5C)cn4C)cn3C)cn2C)cn1C. The van der Waals surface area contributed by atoms with Crippen LogP contribution in [-0.2, 0) is 54.1 Å². The summed E-state index contributed by atoms with van der Waals surface area (Å²) in [6.07, 6.45) is 12.9. The van der Waals surface area contributed by atoms with Gasteiger partial charge < -0.3 is 85.2 Å². The molecule has 0 saturated carbocycles. The van der Waals surface area contributed by atoms with Gasteiger partial charge in [-0.1, -0.05) is 0 Å². The number of aromatic amines is 1. The van der Waals surface area contributed by atoms with Gasteiger partial charge in [0.25, 0.3) is 41.4 Å². The molecule has 0 aliphatic heterocycles. The van der Waals surface area contributed by atoms with E-state index in [0.717, 1.165) is 0 Å². The van der Waals surface area contributed by atoms with Crippen LogP contribution in [0.5, 0.6) is 0 Å². The number of carbonyl (C=O) groups excluding carboxylic acids is 8. The summed E-state index contributed by atoms with van der Waals surface area (Å²) >= 11 is 0. The fourth-order valence-electron chi connectivity index (χ4n) is 8.92. The van der Waals surface area contributed by atoms with Crippen LogP contribution < -0.4 is 48.3 Å². The Hall–Kier alpha value is -10.7. The van der Waals surface area contributed by atoms with Gasteiger partial charge in [-0.3, -0.25) is 38.4 Å². The van der Waals surface area contributed by atoms with E-state index in [-0.39, 0.29) is 53.4 Å². The van der Waals surface area contributed by atoms with Crippen LogP contribution in [0.3, 0.4) is 0 Å². The standard InChI is InChI=1S/C53H57N19O8/c1-55-48(75)39-17-32(25-68(39)4)60-51(78)42-20-34(27-71(42)7)62-52(79)43-21-33(26-72(43)8)61-50(77)41-19-31(24-70(41)6)59-47(74)35(54)11-12-57-49(76)40-18-30(23-69(40)5)58-46(73)28-9-10-36-37(15-28)65-44(64-36)38-16-29(22-67(38)3)63-53(80)45-56-13-14-66(45)2/h9-10,13-27,35H,11-12,54H2,1-8H3,(H,55,75)(H,57,76)(H,58,73)(H,59,74)(H,60,78)(H,61,77)(H,62,79)(H,63,80)(H,64,65). The molecule has 1 unspecified atom stereocenters. The van der Waals surface area contributed by atoms with E-state index >= 15 is 0 Å². The van der Waals surface area contributed by atoms with Crippen LogP contribution in [0.25, 0.3) is 22.6 Å². The van der Waals surface area contributed by atoms with Gasteiger partial charge in [0.2, 0.25) is 5.91 Å². The number of carbonyl (C=O) groups is 8. The second-order valence-corrected chi connectivity index (χ2v) is 19.0. The monoisotopic (exact) mass is 1090 g/mol. The second-order valence-electron chi connectivity index (χ2n) is 19.0. The number of nitrogens with one attached hydrogen (secondary N) is 9. The predicted molar refractivity (Wildman–Crippen MR) is 297 cm³/mol. The molecule has 8 aromatic heterocycles. The number of imidazole rings is 2. The summed E-state index contributed by atoms with van der Waals surface area (Å²) in [5.41, 5.74) is 12.0. The van der Waals surface area contributed by atoms with Gasteiger partial charge >= 0.3 is 0 Å². The minimum atomic E-state index is -1.04. The smallest absolute Gasteiger partial charge is 0.291 e. The Kier molecular flexibility index (Phi) is 14.9. The molecule has 80 heavy (non-hydrogen) atoms. The normalized spacial score (nSPS) is 11.5. The number of amides is 8. The first-order valence-corrected chi connectivity index (χ1v) is 24.7. The zero-order valence-corrected chi connectivity index (χ0v) is 44.7. The van der Waals surface area contributed by atoms with E-state index in [1.807, 2.05) is 11.6 Å². The van der Waals surface area contributed by atoms with Crippen LogP contribution in [0.1, 0.15) is 79.8 Å². The molecule has 1 aromatic carbocycles. The minimum Gasteiger partial charge on any atom is -0.354 e. The molecule has 27 heteroatoms. The summed E-state index contributed by atoms with van der Waals surface area (Å²) in [5, 5.41) is 22.0. The van der Waals surface area contributed by atoms with Crippen molar-refractivity contribution in [2.24, 2.45) is 55.1 Å². The second kappa shape index (κ2) is 22.1. The highest BCUT2D eigenvalue weighted by atomic mass is 16.2. The van der Waals surface area contributed by atoms with Gasteiger partial charge in [0.1, 0.15) is 28.5 Å². The lowest BCUT2D eigenvalue weighted by Crippen LogP contribution is -2.39. The topological polar surface area (TPSA) is 335 Å². The lowest BCUT2D eigenvalue weighted by atomic mass is 10.2. The molecule has 412 valence electrons. The fraction of sp³-hybridized carbons (Fsp3) is 0.208. The van der Waals surface area contributed by atoms with Crippen molar-refractivity contribution in [3.8, 4) is 11.5 Å². The van der Waals surface area contributed by atoms with Crippen LogP contribution in [0.4, 0.5) is 34.1 Å². The van der Waals surface area contributed by atoms with Crippen molar-refractivity contribution in [2.45, 2.75) is 12.5 Å². The maximum absolute atomic E-state index is 13.4. The third-order valence-electron chi connectivity index (χ3n) is 13.1. The molecular formula is C53H57N19O8. The molecule has 9 rings (SSSR count). The minimum absolute atomic E-state index is 0.0389. The average molecular weight is 1090 g/mol. The van der Waals surface area contributed by atoms with E-state index in [1.54, 1.807) is 134 Å². The average Bonchev–Trinajstić information content (AvgIpc) is 4.33. The van der Waals surface area contributed by atoms with Crippen molar-refractivity contribution < 1.29 is 38.4 Å². The van der Waals surface area contributed by atoms with Crippen LogP contribution in [0, 0.1) is 0 Å². The number of rotatable bonds is 18. The number of hydrogen-bond acceptors (Lipinski definition) is 11. The number of nitrogens with zero attached hydrogens (tertiary/aromatic N) is 9. The number of nitrogens with two attached hydrogens (primary N) is 1. The third-order valence-corrected chi connectivity index (χ3v) is 13.1. The van der Waals surface area contributed by atoms with Crippen molar-refractivity contribution in [2.75, 3.05) is 45.5 Å². The molecule has 27 nitrogen and oxygen atoms in total. The summed E-state index contributed by atoms with van der Waals surface area (Å²) in [5.74, 6) is -2.83. The molecular weight excluding hydrogens is 1030 g/mol. The Morgan fingerprint density at radius 2 is 0.950 bits per heavy atom. The number of hydrogen-bond donors (Lipinski definition) is 10. The maximum atomic E-state index is 13.4. The van der Waals surface area contributed by atoms with Gasteiger partial charge in [-0.2, -0.15) is 0 Å². The third kappa shape index (κ3) is 11.5. The Bertz CT molecular complexity index is 3940. The largest absolute Gasteiger partial charge is 0.354 e. The Morgan fingerprint density at radius 1 is 0.512 bits per heavy atom. The van der Waals surface area contributed by atoms with E-state index in [2.05, 4.69) is 57.5 Å². The van der Waals surface area contributed by atoms with Crippen molar-refractivity contribution in [3.63, 3.8) is 0 Å².